The van der Waals surface area contributed by atoms with E-state index in [4.69, 9.17) is 20.9 Å². The van der Waals surface area contributed by atoms with E-state index in [9.17, 15) is 13.2 Å². The van der Waals surface area contributed by atoms with Gasteiger partial charge >= 0.3 is 5.97 Å². The molecule has 0 fully saturated rings. The Hall–Kier alpha value is -1.90. The van der Waals surface area contributed by atoms with Gasteiger partial charge in [-0.2, -0.15) is 4.72 Å². The number of nitrogens with one attached hydrogen (secondary N) is 1. The first-order chi connectivity index (χ1) is 10.8. The maximum atomic E-state index is 12.1. The van der Waals surface area contributed by atoms with E-state index in [-0.39, 0.29) is 23.0 Å². The lowest BCUT2D eigenvalue weighted by molar-refractivity contribution is -0.143. The molecule has 0 saturated heterocycles. The SMILES string of the molecule is Cc1noc(C)c1S(=O)(=O)NCC(=O)OCc1cccc(Cl)c1. The Kier molecular flexibility index (Phi) is 5.40. The molecule has 23 heavy (non-hydrogen) atoms. The van der Waals surface area contributed by atoms with E-state index in [1.54, 1.807) is 24.3 Å². The van der Waals surface area contributed by atoms with Crippen molar-refractivity contribution in [1.29, 1.82) is 0 Å². The number of rotatable bonds is 6. The van der Waals surface area contributed by atoms with Crippen LogP contribution in [0.3, 0.4) is 0 Å². The van der Waals surface area contributed by atoms with Crippen LogP contribution in [-0.2, 0) is 26.2 Å². The average Bonchev–Trinajstić information content (AvgIpc) is 2.83. The Bertz CT molecular complexity index is 797. The van der Waals surface area contributed by atoms with Crippen molar-refractivity contribution < 1.29 is 22.5 Å². The number of halogens is 1. The van der Waals surface area contributed by atoms with Crippen LogP contribution < -0.4 is 4.72 Å². The summed E-state index contributed by atoms with van der Waals surface area (Å²) in [5.74, 6) is -0.553. The first-order valence-corrected chi connectivity index (χ1v) is 8.48. The third kappa shape index (κ3) is 4.54. The Labute approximate surface area is 138 Å². The van der Waals surface area contributed by atoms with E-state index in [2.05, 4.69) is 9.88 Å². The number of sulfonamides is 1. The standard InChI is InChI=1S/C14H15ClN2O5S/c1-9-14(10(2)22-17-9)23(19,20)16-7-13(18)21-8-11-4-3-5-12(15)6-11/h3-6,16H,7-8H2,1-2H3. The van der Waals surface area contributed by atoms with Gasteiger partial charge in [-0.25, -0.2) is 8.42 Å². The van der Waals surface area contributed by atoms with Crippen molar-refractivity contribution >= 4 is 27.6 Å². The molecular weight excluding hydrogens is 344 g/mol. The molecule has 0 unspecified atom stereocenters. The van der Waals surface area contributed by atoms with Crippen molar-refractivity contribution in [3.63, 3.8) is 0 Å². The monoisotopic (exact) mass is 358 g/mol. The van der Waals surface area contributed by atoms with Crippen LogP contribution in [0.5, 0.6) is 0 Å². The molecule has 0 aliphatic carbocycles. The van der Waals surface area contributed by atoms with E-state index in [1.807, 2.05) is 0 Å². The van der Waals surface area contributed by atoms with E-state index >= 15 is 0 Å². The zero-order valence-corrected chi connectivity index (χ0v) is 14.1. The Morgan fingerprint density at radius 2 is 2.13 bits per heavy atom. The summed E-state index contributed by atoms with van der Waals surface area (Å²) >= 11 is 5.82. The van der Waals surface area contributed by atoms with Gasteiger partial charge in [-0.05, 0) is 31.5 Å². The van der Waals surface area contributed by atoms with Crippen molar-refractivity contribution in [3.8, 4) is 0 Å². The lowest BCUT2D eigenvalue weighted by Crippen LogP contribution is -2.31. The van der Waals surface area contributed by atoms with Crippen LogP contribution in [0.2, 0.25) is 5.02 Å². The lowest BCUT2D eigenvalue weighted by Gasteiger charge is -2.07. The molecule has 1 aromatic carbocycles. The highest BCUT2D eigenvalue weighted by atomic mass is 35.5. The van der Waals surface area contributed by atoms with Crippen LogP contribution in [0.4, 0.5) is 0 Å². The molecule has 7 nitrogen and oxygen atoms in total. The number of carbonyl (C=O) groups excluding carboxylic acids is 1. The van der Waals surface area contributed by atoms with Crippen molar-refractivity contribution in [2.75, 3.05) is 6.54 Å². The molecular formula is C14H15ClN2O5S. The minimum Gasteiger partial charge on any atom is -0.460 e. The zero-order valence-electron chi connectivity index (χ0n) is 12.5. The Morgan fingerprint density at radius 3 is 2.74 bits per heavy atom. The molecule has 0 aliphatic heterocycles. The highest BCUT2D eigenvalue weighted by Crippen LogP contribution is 2.18. The number of aryl methyl sites for hydroxylation is 2. The van der Waals surface area contributed by atoms with Crippen LogP contribution in [0.15, 0.2) is 33.7 Å². The predicted molar refractivity (Wildman–Crippen MR) is 82.4 cm³/mol. The van der Waals surface area contributed by atoms with Crippen LogP contribution in [0, 0.1) is 13.8 Å². The third-order valence-electron chi connectivity index (χ3n) is 2.93. The highest BCUT2D eigenvalue weighted by molar-refractivity contribution is 7.89. The summed E-state index contributed by atoms with van der Waals surface area (Å²) in [5.41, 5.74) is 0.932. The average molecular weight is 359 g/mol. The molecule has 2 rings (SSSR count). The number of ether oxygens (including phenoxy) is 1. The molecule has 0 atom stereocenters. The molecule has 0 amide bonds. The molecule has 0 radical (unpaired) electrons. The van der Waals surface area contributed by atoms with Crippen molar-refractivity contribution in [3.05, 3.63) is 46.3 Å². The molecule has 124 valence electrons. The van der Waals surface area contributed by atoms with Gasteiger partial charge in [-0.15, -0.1) is 0 Å². The summed E-state index contributed by atoms with van der Waals surface area (Å²) in [5, 5.41) is 4.10. The quantitative estimate of drug-likeness (QED) is 0.792. The molecule has 0 bridgehead atoms. The van der Waals surface area contributed by atoms with Gasteiger partial charge in [0.05, 0.1) is 0 Å². The van der Waals surface area contributed by atoms with Gasteiger partial charge in [-0.3, -0.25) is 4.79 Å². The third-order valence-corrected chi connectivity index (χ3v) is 4.81. The fraction of sp³-hybridized carbons (Fsp3) is 0.286. The number of benzene rings is 1. The topological polar surface area (TPSA) is 98.5 Å². The summed E-state index contributed by atoms with van der Waals surface area (Å²) in [6.45, 7) is 2.49. The number of hydrogen-bond donors (Lipinski definition) is 1. The maximum absolute atomic E-state index is 12.1. The normalized spacial score (nSPS) is 11.4. The van der Waals surface area contributed by atoms with Crippen LogP contribution in [0.25, 0.3) is 0 Å². The second kappa shape index (κ2) is 7.12. The number of carbonyl (C=O) groups is 1. The number of nitrogens with zero attached hydrogens (tertiary/aromatic N) is 1. The summed E-state index contributed by atoms with van der Waals surface area (Å²) in [7, 11) is -3.89. The maximum Gasteiger partial charge on any atom is 0.321 e. The fourth-order valence-corrected chi connectivity index (χ4v) is 3.43. The van der Waals surface area contributed by atoms with Gasteiger partial charge < -0.3 is 9.26 Å². The second-order valence-corrected chi connectivity index (χ2v) is 6.91. The Balaban J connectivity index is 1.91. The number of esters is 1. The minimum atomic E-state index is -3.89. The highest BCUT2D eigenvalue weighted by Gasteiger charge is 2.24. The van der Waals surface area contributed by atoms with E-state index in [0.29, 0.717) is 10.6 Å². The minimum absolute atomic E-state index is 0.00639. The van der Waals surface area contributed by atoms with E-state index < -0.39 is 22.5 Å². The van der Waals surface area contributed by atoms with Gasteiger partial charge in [0.2, 0.25) is 10.0 Å². The molecule has 1 N–H and O–H groups in total. The summed E-state index contributed by atoms with van der Waals surface area (Å²) < 4.78 is 36.2. The zero-order chi connectivity index (χ0) is 17.0. The van der Waals surface area contributed by atoms with Crippen LogP contribution in [0.1, 0.15) is 17.0 Å². The fourth-order valence-electron chi connectivity index (χ4n) is 1.93. The summed E-state index contributed by atoms with van der Waals surface area (Å²) in [6.07, 6.45) is 0. The molecule has 2 aromatic rings. The van der Waals surface area contributed by atoms with Gasteiger partial charge in [-0.1, -0.05) is 28.9 Å². The second-order valence-electron chi connectivity index (χ2n) is 4.77. The molecule has 0 saturated carbocycles. The largest absolute Gasteiger partial charge is 0.460 e. The molecule has 0 spiro atoms. The van der Waals surface area contributed by atoms with Crippen molar-refractivity contribution in [2.45, 2.75) is 25.3 Å². The first kappa shape index (κ1) is 17.5. The van der Waals surface area contributed by atoms with Gasteiger partial charge in [0.1, 0.15) is 23.7 Å². The predicted octanol–water partition coefficient (Wildman–Crippen LogP) is 1.97. The van der Waals surface area contributed by atoms with E-state index in [1.165, 1.54) is 13.8 Å². The molecule has 9 heteroatoms. The number of hydrogen-bond acceptors (Lipinski definition) is 6. The molecule has 1 heterocycles. The van der Waals surface area contributed by atoms with Gasteiger partial charge in [0.15, 0.2) is 5.76 Å². The summed E-state index contributed by atoms with van der Waals surface area (Å²) in [4.78, 5) is 11.6. The molecule has 0 aliphatic rings. The van der Waals surface area contributed by atoms with Crippen LogP contribution >= 0.6 is 11.6 Å². The Morgan fingerprint density at radius 1 is 1.39 bits per heavy atom. The van der Waals surface area contributed by atoms with Crippen molar-refractivity contribution in [1.82, 2.24) is 9.88 Å². The van der Waals surface area contributed by atoms with Gasteiger partial charge in [0, 0.05) is 5.02 Å². The van der Waals surface area contributed by atoms with Gasteiger partial charge in [0.25, 0.3) is 0 Å². The first-order valence-electron chi connectivity index (χ1n) is 6.62. The van der Waals surface area contributed by atoms with Crippen LogP contribution in [-0.4, -0.2) is 26.1 Å². The lowest BCUT2D eigenvalue weighted by atomic mass is 10.2. The van der Waals surface area contributed by atoms with Crippen molar-refractivity contribution in [2.24, 2.45) is 0 Å². The van der Waals surface area contributed by atoms with E-state index in [0.717, 1.165) is 0 Å². The number of aromatic nitrogens is 1. The molecule has 1 aromatic heterocycles. The summed E-state index contributed by atoms with van der Waals surface area (Å²) in [6, 6.07) is 6.83. The smallest absolute Gasteiger partial charge is 0.321 e.